The lowest BCUT2D eigenvalue weighted by molar-refractivity contribution is -0.110. The number of rotatable bonds is 8. The minimum absolute atomic E-state index is 0.255. The summed E-state index contributed by atoms with van der Waals surface area (Å²) in [5, 5.41) is 0. The first kappa shape index (κ1) is 27.7. The minimum Gasteiger partial charge on any atom is -0.377 e. The van der Waals surface area contributed by atoms with E-state index in [9.17, 15) is 4.79 Å². The smallest absolute Gasteiger partial charge is 0.122 e. The molecule has 0 aliphatic rings. The Morgan fingerprint density at radius 1 is 0.958 bits per heavy atom. The van der Waals surface area contributed by atoms with Crippen molar-refractivity contribution in [1.82, 2.24) is 0 Å². The molecule has 0 saturated heterocycles. The van der Waals surface area contributed by atoms with Crippen molar-refractivity contribution in [3.63, 3.8) is 0 Å². The summed E-state index contributed by atoms with van der Waals surface area (Å²) >= 11 is 0. The first-order chi connectivity index (χ1) is 11.7. The molecule has 0 heterocycles. The molecule has 0 N–H and O–H groups in total. The molecule has 0 bridgehead atoms. The number of aldehydes is 1. The van der Waals surface area contributed by atoms with Gasteiger partial charge in [-0.3, -0.25) is 0 Å². The van der Waals surface area contributed by atoms with Crippen molar-refractivity contribution in [3.8, 4) is 0 Å². The van der Waals surface area contributed by atoms with E-state index in [1.54, 1.807) is 0 Å². The molecule has 142 valence electrons. The number of unbranched alkanes of at least 4 members (excludes halogenated alkanes) is 2. The lowest BCUT2D eigenvalue weighted by atomic mass is 10.2. The highest BCUT2D eigenvalue weighted by atomic mass is 16.5. The van der Waals surface area contributed by atoms with E-state index in [2.05, 4.69) is 32.9 Å². The van der Waals surface area contributed by atoms with Crippen molar-refractivity contribution < 1.29 is 9.53 Å². The van der Waals surface area contributed by atoms with Crippen LogP contribution in [0.25, 0.3) is 0 Å². The normalized spacial score (nSPS) is 9.96. The van der Waals surface area contributed by atoms with E-state index in [1.807, 2.05) is 45.9 Å². The molecule has 0 aromatic heterocycles. The molecule has 1 aromatic carbocycles. The van der Waals surface area contributed by atoms with E-state index < -0.39 is 0 Å². The van der Waals surface area contributed by atoms with Crippen molar-refractivity contribution in [2.75, 3.05) is 6.61 Å². The van der Waals surface area contributed by atoms with E-state index in [-0.39, 0.29) is 5.92 Å². The summed E-state index contributed by atoms with van der Waals surface area (Å²) in [6, 6.07) is 10.2. The van der Waals surface area contributed by atoms with Crippen LogP contribution in [-0.2, 0) is 16.1 Å². The number of carbonyl (C=O) groups excluding carboxylic acids is 1. The largest absolute Gasteiger partial charge is 0.377 e. The quantitative estimate of drug-likeness (QED) is 0.374. The highest BCUT2D eigenvalue weighted by molar-refractivity contribution is 5.52. The van der Waals surface area contributed by atoms with Gasteiger partial charge in [0.15, 0.2) is 0 Å². The highest BCUT2D eigenvalue weighted by Crippen LogP contribution is 2.00. The maximum Gasteiger partial charge on any atom is 0.122 e. The average molecular weight is 339 g/mol. The fourth-order valence-electron chi connectivity index (χ4n) is 1.36. The van der Waals surface area contributed by atoms with E-state index in [4.69, 9.17) is 4.74 Å². The number of hydrogen-bond donors (Lipinski definition) is 0. The van der Waals surface area contributed by atoms with Gasteiger partial charge in [-0.15, -0.1) is 0 Å². The van der Waals surface area contributed by atoms with Gasteiger partial charge in [0, 0.05) is 12.5 Å². The first-order valence-electron chi connectivity index (χ1n) is 9.72. The molecule has 2 heteroatoms. The van der Waals surface area contributed by atoms with Crippen molar-refractivity contribution in [2.24, 2.45) is 5.92 Å². The van der Waals surface area contributed by atoms with Gasteiger partial charge in [-0.25, -0.2) is 0 Å². The summed E-state index contributed by atoms with van der Waals surface area (Å²) in [5.41, 5.74) is 1.25. The van der Waals surface area contributed by atoms with Crippen molar-refractivity contribution >= 4 is 6.29 Å². The fraction of sp³-hybridized carbons (Fsp3) is 0.682. The van der Waals surface area contributed by atoms with Crippen molar-refractivity contribution in [1.29, 1.82) is 0 Å². The molecule has 1 aromatic rings. The van der Waals surface area contributed by atoms with Gasteiger partial charge in [-0.2, -0.15) is 0 Å². The van der Waals surface area contributed by atoms with Gasteiger partial charge < -0.3 is 9.53 Å². The van der Waals surface area contributed by atoms with Crippen LogP contribution >= 0.6 is 0 Å². The SMILES string of the molecule is CC.CCC(C)C=O.CCCCC.CCCOCc1ccccc1. The van der Waals surface area contributed by atoms with Gasteiger partial charge in [-0.05, 0) is 18.4 Å². The third-order valence-electron chi connectivity index (χ3n) is 3.04. The Morgan fingerprint density at radius 2 is 1.50 bits per heavy atom. The molecule has 0 spiro atoms. The van der Waals surface area contributed by atoms with Crippen LogP contribution in [0.1, 0.15) is 86.1 Å². The summed E-state index contributed by atoms with van der Waals surface area (Å²) in [7, 11) is 0. The standard InChI is InChI=1S/C10H14O.C5H10O.C5H12.C2H6/c1-2-8-11-9-10-6-4-3-5-7-10;1-3-5(2)4-6;1-3-5-4-2;1-2/h3-7H,2,8-9H2,1H3;4-5H,3H2,1-2H3;3-5H2,1-2H3;1-2H3. The molecule has 0 aliphatic heterocycles. The van der Waals surface area contributed by atoms with Gasteiger partial charge in [0.2, 0.25) is 0 Å². The van der Waals surface area contributed by atoms with Gasteiger partial charge in [0.1, 0.15) is 6.29 Å². The number of benzene rings is 1. The van der Waals surface area contributed by atoms with E-state index >= 15 is 0 Å². The van der Waals surface area contributed by atoms with Crippen LogP contribution in [0.3, 0.4) is 0 Å². The van der Waals surface area contributed by atoms with Crippen LogP contribution in [-0.4, -0.2) is 12.9 Å². The Kier molecular flexibility index (Phi) is 30.8. The Hall–Kier alpha value is -1.15. The van der Waals surface area contributed by atoms with Gasteiger partial charge in [0.25, 0.3) is 0 Å². The van der Waals surface area contributed by atoms with Crippen LogP contribution in [0.15, 0.2) is 30.3 Å². The molecular formula is C22H42O2. The molecule has 0 radical (unpaired) electrons. The summed E-state index contributed by atoms with van der Waals surface area (Å²) in [6.07, 6.45) is 7.10. The second-order valence-corrected chi connectivity index (χ2v) is 5.41. The van der Waals surface area contributed by atoms with Crippen molar-refractivity contribution in [2.45, 2.75) is 87.2 Å². The second-order valence-electron chi connectivity index (χ2n) is 5.41. The van der Waals surface area contributed by atoms with Crippen LogP contribution < -0.4 is 0 Å². The number of carbonyl (C=O) groups is 1. The third kappa shape index (κ3) is 25.8. The molecule has 0 saturated carbocycles. The topological polar surface area (TPSA) is 26.3 Å². The maximum absolute atomic E-state index is 9.74. The second kappa shape index (κ2) is 26.7. The van der Waals surface area contributed by atoms with E-state index in [0.717, 1.165) is 32.3 Å². The molecule has 2 nitrogen and oxygen atoms in total. The van der Waals surface area contributed by atoms with Gasteiger partial charge >= 0.3 is 0 Å². The monoisotopic (exact) mass is 338 g/mol. The number of ether oxygens (including phenoxy) is 1. The summed E-state index contributed by atoms with van der Waals surface area (Å²) < 4.78 is 5.37. The predicted molar refractivity (Wildman–Crippen MR) is 108 cm³/mol. The average Bonchev–Trinajstić information content (AvgIpc) is 2.65. The molecule has 0 aliphatic carbocycles. The predicted octanol–water partition coefficient (Wildman–Crippen LogP) is 7.07. The van der Waals surface area contributed by atoms with Crippen LogP contribution in [0.2, 0.25) is 0 Å². The third-order valence-corrected chi connectivity index (χ3v) is 3.04. The Morgan fingerprint density at radius 3 is 1.79 bits per heavy atom. The molecule has 0 fully saturated rings. The lowest BCUT2D eigenvalue weighted by Crippen LogP contribution is -1.92. The molecule has 24 heavy (non-hydrogen) atoms. The zero-order valence-corrected chi connectivity index (χ0v) is 17.3. The van der Waals surface area contributed by atoms with E-state index in [1.165, 1.54) is 24.8 Å². The molecule has 1 atom stereocenters. The zero-order chi connectivity index (χ0) is 19.1. The lowest BCUT2D eigenvalue weighted by Gasteiger charge is -2.00. The minimum atomic E-state index is 0.255. The number of hydrogen-bond acceptors (Lipinski definition) is 2. The zero-order valence-electron chi connectivity index (χ0n) is 17.3. The maximum atomic E-state index is 9.74. The fourth-order valence-corrected chi connectivity index (χ4v) is 1.36. The van der Waals surface area contributed by atoms with E-state index in [0.29, 0.717) is 0 Å². The summed E-state index contributed by atoms with van der Waals surface area (Å²) in [4.78, 5) is 9.74. The van der Waals surface area contributed by atoms with Crippen LogP contribution in [0, 0.1) is 5.92 Å². The highest BCUT2D eigenvalue weighted by Gasteiger charge is 1.89. The summed E-state index contributed by atoms with van der Waals surface area (Å²) in [6.45, 7) is 16.0. The molecule has 1 rings (SSSR count). The van der Waals surface area contributed by atoms with Gasteiger partial charge in [0.05, 0.1) is 6.61 Å². The Bertz CT molecular complexity index is 307. The van der Waals surface area contributed by atoms with Gasteiger partial charge in [-0.1, -0.05) is 98.1 Å². The molecular weight excluding hydrogens is 296 g/mol. The Labute approximate surface area is 152 Å². The van der Waals surface area contributed by atoms with Crippen LogP contribution in [0.4, 0.5) is 0 Å². The summed E-state index contributed by atoms with van der Waals surface area (Å²) in [5.74, 6) is 0.255. The first-order valence-corrected chi connectivity index (χ1v) is 9.72. The van der Waals surface area contributed by atoms with Crippen LogP contribution in [0.5, 0.6) is 0 Å². The Balaban J connectivity index is -0.000000290. The van der Waals surface area contributed by atoms with Crippen molar-refractivity contribution in [3.05, 3.63) is 35.9 Å². The molecule has 1 unspecified atom stereocenters. The molecule has 0 amide bonds.